The van der Waals surface area contributed by atoms with Crippen molar-refractivity contribution in [2.75, 3.05) is 19.8 Å². The van der Waals surface area contributed by atoms with E-state index in [9.17, 15) is 18.0 Å². The normalized spacial score (nSPS) is 15.0. The zero-order valence-corrected chi connectivity index (χ0v) is 10.6. The number of carbonyl (C=O) groups excluding carboxylic acids is 1. The number of hydrogen-bond donors (Lipinski definition) is 2. The van der Waals surface area contributed by atoms with E-state index in [2.05, 4.69) is 10.5 Å². The van der Waals surface area contributed by atoms with Crippen LogP contribution in [0.3, 0.4) is 0 Å². The Morgan fingerprint density at radius 2 is 2.19 bits per heavy atom. The van der Waals surface area contributed by atoms with Gasteiger partial charge in [-0.15, -0.1) is 5.10 Å². The maximum absolute atomic E-state index is 13.0. The van der Waals surface area contributed by atoms with Crippen LogP contribution < -0.4 is 10.2 Å². The number of hydrogen-bond acceptors (Lipinski definition) is 5. The Balaban J connectivity index is 2.35. The number of benzene rings is 1. The number of halogens is 3. The number of hydrazone groups is 1. The van der Waals surface area contributed by atoms with Crippen LogP contribution >= 0.6 is 0 Å². The molecular weight excluding hydrogens is 293 g/mol. The van der Waals surface area contributed by atoms with Crippen LogP contribution in [0.4, 0.5) is 13.2 Å². The number of aliphatic hydroxyl groups is 1. The monoisotopic (exact) mass is 304 g/mol. The summed E-state index contributed by atoms with van der Waals surface area (Å²) in [5.74, 6) is -1.01. The highest BCUT2D eigenvalue weighted by Gasteiger charge is 2.35. The van der Waals surface area contributed by atoms with Gasteiger partial charge in [-0.3, -0.25) is 4.79 Å². The predicted octanol–water partition coefficient (Wildman–Crippen LogP) is 0.885. The quantitative estimate of drug-likeness (QED) is 0.865. The minimum Gasteiger partial charge on any atom is -0.491 e. The van der Waals surface area contributed by atoms with Gasteiger partial charge in [0.2, 0.25) is 5.90 Å². The van der Waals surface area contributed by atoms with E-state index in [1.54, 1.807) is 0 Å². The summed E-state index contributed by atoms with van der Waals surface area (Å²) in [6.45, 7) is -0.972. The summed E-state index contributed by atoms with van der Waals surface area (Å²) >= 11 is 0. The van der Waals surface area contributed by atoms with Crippen LogP contribution in [-0.2, 0) is 15.7 Å². The summed E-state index contributed by atoms with van der Waals surface area (Å²) in [6, 6.07) is 3.23. The molecule has 0 atom stereocenters. The van der Waals surface area contributed by atoms with Crippen molar-refractivity contribution >= 4 is 11.8 Å². The van der Waals surface area contributed by atoms with Crippen LogP contribution in [0, 0.1) is 0 Å². The zero-order valence-electron chi connectivity index (χ0n) is 10.6. The van der Waals surface area contributed by atoms with Gasteiger partial charge in [-0.1, -0.05) is 0 Å². The fourth-order valence-electron chi connectivity index (χ4n) is 1.63. The van der Waals surface area contributed by atoms with Crippen molar-refractivity contribution in [2.24, 2.45) is 5.10 Å². The molecule has 21 heavy (non-hydrogen) atoms. The number of aliphatic hydroxyl groups excluding tert-OH is 1. The second kappa shape index (κ2) is 6.00. The van der Waals surface area contributed by atoms with Crippen LogP contribution in [-0.4, -0.2) is 36.7 Å². The van der Waals surface area contributed by atoms with Crippen molar-refractivity contribution in [3.63, 3.8) is 0 Å². The Hall–Kier alpha value is -2.29. The summed E-state index contributed by atoms with van der Waals surface area (Å²) in [6.07, 6.45) is -4.64. The highest BCUT2D eigenvalue weighted by molar-refractivity contribution is 5.98. The predicted molar refractivity (Wildman–Crippen MR) is 64.7 cm³/mol. The summed E-state index contributed by atoms with van der Waals surface area (Å²) < 4.78 is 48.8. The number of alkyl halides is 3. The lowest BCUT2D eigenvalue weighted by atomic mass is 10.1. The molecule has 1 aliphatic heterocycles. The third-order valence-corrected chi connectivity index (χ3v) is 2.50. The van der Waals surface area contributed by atoms with Gasteiger partial charge in [0.15, 0.2) is 6.61 Å². The van der Waals surface area contributed by atoms with E-state index in [-0.39, 0.29) is 24.7 Å². The van der Waals surface area contributed by atoms with Gasteiger partial charge in [0.1, 0.15) is 12.4 Å². The Labute approximate surface area is 117 Å². The fourth-order valence-corrected chi connectivity index (χ4v) is 1.63. The molecule has 0 aliphatic carbocycles. The highest BCUT2D eigenvalue weighted by atomic mass is 19.4. The lowest BCUT2D eigenvalue weighted by Gasteiger charge is -2.17. The Bertz CT molecular complexity index is 572. The van der Waals surface area contributed by atoms with E-state index >= 15 is 0 Å². The molecule has 0 saturated heterocycles. The number of ether oxygens (including phenoxy) is 2. The lowest BCUT2D eigenvalue weighted by Crippen LogP contribution is -2.32. The molecule has 0 spiro atoms. The van der Waals surface area contributed by atoms with E-state index < -0.39 is 30.0 Å². The molecular formula is C12H11F3N2O4. The van der Waals surface area contributed by atoms with Crippen molar-refractivity contribution in [1.29, 1.82) is 0 Å². The highest BCUT2D eigenvalue weighted by Crippen LogP contribution is 2.37. The number of nitrogens with one attached hydrogen (secondary N) is 1. The van der Waals surface area contributed by atoms with Crippen LogP contribution in [0.1, 0.15) is 11.1 Å². The standard InChI is InChI=1S/C12H11F3N2O4/c13-12(14,15)8-5-7(1-2-9(8)20-4-3-18)11-17-16-10(19)6-21-11/h1-2,5,18H,3-4,6H2,(H,16,19). The van der Waals surface area contributed by atoms with Gasteiger partial charge in [0.05, 0.1) is 12.2 Å². The molecule has 0 saturated carbocycles. The first-order valence-corrected chi connectivity index (χ1v) is 5.86. The molecule has 1 aliphatic rings. The zero-order chi connectivity index (χ0) is 15.5. The van der Waals surface area contributed by atoms with Gasteiger partial charge in [-0.2, -0.15) is 13.2 Å². The maximum atomic E-state index is 13.0. The third kappa shape index (κ3) is 3.63. The van der Waals surface area contributed by atoms with Crippen LogP contribution in [0.5, 0.6) is 5.75 Å². The van der Waals surface area contributed by atoms with Crippen molar-refractivity contribution in [2.45, 2.75) is 6.18 Å². The van der Waals surface area contributed by atoms with E-state index in [4.69, 9.17) is 14.6 Å². The Morgan fingerprint density at radius 3 is 2.76 bits per heavy atom. The molecule has 1 amide bonds. The summed E-state index contributed by atoms with van der Waals surface area (Å²) in [5.41, 5.74) is 1.15. The molecule has 0 bridgehead atoms. The molecule has 0 fully saturated rings. The number of nitrogens with zero attached hydrogens (tertiary/aromatic N) is 1. The minimum absolute atomic E-state index is 0.0543. The molecule has 9 heteroatoms. The largest absolute Gasteiger partial charge is 0.491 e. The lowest BCUT2D eigenvalue weighted by molar-refractivity contribution is -0.139. The third-order valence-electron chi connectivity index (χ3n) is 2.50. The Kier molecular flexibility index (Phi) is 4.32. The van der Waals surface area contributed by atoms with Gasteiger partial charge in [0, 0.05) is 5.56 Å². The van der Waals surface area contributed by atoms with Crippen molar-refractivity contribution in [1.82, 2.24) is 5.43 Å². The van der Waals surface area contributed by atoms with Crippen LogP contribution in [0.15, 0.2) is 23.3 Å². The molecule has 1 aromatic rings. The van der Waals surface area contributed by atoms with Gasteiger partial charge >= 0.3 is 6.18 Å². The fraction of sp³-hybridized carbons (Fsp3) is 0.333. The average Bonchev–Trinajstić information content (AvgIpc) is 2.45. The molecule has 0 aromatic heterocycles. The van der Waals surface area contributed by atoms with E-state index in [1.165, 1.54) is 6.07 Å². The molecule has 114 valence electrons. The maximum Gasteiger partial charge on any atom is 0.419 e. The van der Waals surface area contributed by atoms with Crippen molar-refractivity contribution in [3.8, 4) is 5.75 Å². The first-order chi connectivity index (χ1) is 9.91. The molecule has 1 heterocycles. The summed E-state index contributed by atoms with van der Waals surface area (Å²) in [4.78, 5) is 10.9. The SMILES string of the molecule is O=C1COC(c2ccc(OCCO)c(C(F)(F)F)c2)=NN1. The molecule has 2 N–H and O–H groups in total. The van der Waals surface area contributed by atoms with Gasteiger partial charge in [0.25, 0.3) is 5.91 Å². The van der Waals surface area contributed by atoms with Crippen LogP contribution in [0.25, 0.3) is 0 Å². The molecule has 1 aromatic carbocycles. The number of amides is 1. The first kappa shape index (κ1) is 15.1. The number of carbonyl (C=O) groups is 1. The van der Waals surface area contributed by atoms with Crippen LogP contribution in [0.2, 0.25) is 0 Å². The van der Waals surface area contributed by atoms with Crippen molar-refractivity contribution < 1.29 is 32.5 Å². The molecule has 0 unspecified atom stereocenters. The Morgan fingerprint density at radius 1 is 1.43 bits per heavy atom. The second-order valence-electron chi connectivity index (χ2n) is 4.02. The minimum atomic E-state index is -4.64. The van der Waals surface area contributed by atoms with E-state index in [1.807, 2.05) is 0 Å². The topological polar surface area (TPSA) is 80.2 Å². The first-order valence-electron chi connectivity index (χ1n) is 5.86. The molecule has 6 nitrogen and oxygen atoms in total. The average molecular weight is 304 g/mol. The van der Waals surface area contributed by atoms with E-state index in [0.29, 0.717) is 0 Å². The second-order valence-corrected chi connectivity index (χ2v) is 4.02. The van der Waals surface area contributed by atoms with Gasteiger partial charge in [-0.25, -0.2) is 5.43 Å². The summed E-state index contributed by atoms with van der Waals surface area (Å²) in [5, 5.41) is 12.2. The van der Waals surface area contributed by atoms with E-state index in [0.717, 1.165) is 12.1 Å². The van der Waals surface area contributed by atoms with Gasteiger partial charge < -0.3 is 14.6 Å². The molecule has 2 rings (SSSR count). The number of rotatable bonds is 4. The smallest absolute Gasteiger partial charge is 0.419 e. The van der Waals surface area contributed by atoms with Crippen molar-refractivity contribution in [3.05, 3.63) is 29.3 Å². The molecule has 0 radical (unpaired) electrons. The summed E-state index contributed by atoms with van der Waals surface area (Å²) in [7, 11) is 0. The van der Waals surface area contributed by atoms with Gasteiger partial charge in [-0.05, 0) is 18.2 Å².